The van der Waals surface area contributed by atoms with Gasteiger partial charge in [-0.05, 0) is 30.9 Å². The number of aliphatic hydroxyl groups is 1. The van der Waals surface area contributed by atoms with Gasteiger partial charge in [0, 0.05) is 36.6 Å². The van der Waals surface area contributed by atoms with Gasteiger partial charge in [-0.25, -0.2) is 4.98 Å². The zero-order chi connectivity index (χ0) is 15.4. The van der Waals surface area contributed by atoms with E-state index in [-0.39, 0.29) is 12.1 Å². The monoisotopic (exact) mass is 300 g/mol. The predicted molar refractivity (Wildman–Crippen MR) is 82.7 cm³/mol. The summed E-state index contributed by atoms with van der Waals surface area (Å²) in [5.41, 5.74) is 1.02. The number of anilines is 1. The van der Waals surface area contributed by atoms with E-state index < -0.39 is 0 Å². The Morgan fingerprint density at radius 2 is 2.14 bits per heavy atom. The lowest BCUT2D eigenvalue weighted by Gasteiger charge is -2.38. The molecule has 1 atom stereocenters. The first-order valence-electron chi connectivity index (χ1n) is 7.46. The molecule has 2 aromatic rings. The summed E-state index contributed by atoms with van der Waals surface area (Å²) in [6.07, 6.45) is 5.65. The van der Waals surface area contributed by atoms with Crippen LogP contribution in [-0.4, -0.2) is 39.3 Å². The number of pyridine rings is 1. The molecule has 0 aromatic carbocycles. The Hall–Kier alpha value is -2.21. The molecule has 0 radical (unpaired) electrons. The van der Waals surface area contributed by atoms with Gasteiger partial charge in [-0.2, -0.15) is 4.98 Å². The van der Waals surface area contributed by atoms with E-state index in [2.05, 4.69) is 20.3 Å². The number of aromatic nitrogens is 3. The van der Waals surface area contributed by atoms with E-state index in [0.29, 0.717) is 17.7 Å². The van der Waals surface area contributed by atoms with Crippen molar-refractivity contribution in [3.63, 3.8) is 0 Å². The first kappa shape index (κ1) is 14.7. The van der Waals surface area contributed by atoms with Crippen LogP contribution in [0, 0.1) is 5.92 Å². The van der Waals surface area contributed by atoms with E-state index in [0.717, 1.165) is 25.0 Å². The summed E-state index contributed by atoms with van der Waals surface area (Å²) >= 11 is 0. The number of rotatable bonds is 6. The number of aliphatic hydroxyl groups excluding tert-OH is 1. The third kappa shape index (κ3) is 3.51. The van der Waals surface area contributed by atoms with Crippen molar-refractivity contribution in [3.05, 3.63) is 42.4 Å². The Kier molecular flexibility index (Phi) is 4.48. The Balaban J connectivity index is 1.73. The van der Waals surface area contributed by atoms with Crippen molar-refractivity contribution < 1.29 is 9.84 Å². The standard InChI is InChI=1S/C16H20N4O2/c1-22-15-5-7-18-16(20-15)19-14(11-8-13(21)9-11)10-12-4-2-3-6-17-12/h2-7,11,13-14,21H,8-10H2,1H3,(H,18,19,20). The van der Waals surface area contributed by atoms with Crippen LogP contribution in [-0.2, 0) is 6.42 Å². The van der Waals surface area contributed by atoms with Crippen LogP contribution in [0.2, 0.25) is 0 Å². The van der Waals surface area contributed by atoms with E-state index in [1.807, 2.05) is 18.2 Å². The van der Waals surface area contributed by atoms with Crippen LogP contribution < -0.4 is 10.1 Å². The molecule has 116 valence electrons. The average molecular weight is 300 g/mol. The van der Waals surface area contributed by atoms with Crippen LogP contribution in [0.15, 0.2) is 36.7 Å². The summed E-state index contributed by atoms with van der Waals surface area (Å²) in [6.45, 7) is 0. The van der Waals surface area contributed by atoms with Gasteiger partial charge in [0.05, 0.1) is 13.2 Å². The van der Waals surface area contributed by atoms with Gasteiger partial charge in [0.25, 0.3) is 0 Å². The molecule has 2 aromatic heterocycles. The lowest BCUT2D eigenvalue weighted by molar-refractivity contribution is 0.0340. The van der Waals surface area contributed by atoms with E-state index in [4.69, 9.17) is 4.74 Å². The molecule has 1 unspecified atom stereocenters. The molecule has 1 aliphatic rings. The average Bonchev–Trinajstić information content (AvgIpc) is 2.52. The first-order valence-corrected chi connectivity index (χ1v) is 7.46. The highest BCUT2D eigenvalue weighted by Crippen LogP contribution is 2.32. The normalized spacial score (nSPS) is 21.7. The number of nitrogens with one attached hydrogen (secondary N) is 1. The first-order chi connectivity index (χ1) is 10.7. The van der Waals surface area contributed by atoms with Crippen molar-refractivity contribution in [1.29, 1.82) is 0 Å². The fraction of sp³-hybridized carbons (Fsp3) is 0.438. The maximum Gasteiger partial charge on any atom is 0.226 e. The summed E-state index contributed by atoms with van der Waals surface area (Å²) in [5.74, 6) is 1.47. The third-order valence-corrected chi connectivity index (χ3v) is 4.03. The van der Waals surface area contributed by atoms with Crippen molar-refractivity contribution in [3.8, 4) is 5.88 Å². The summed E-state index contributed by atoms with van der Waals surface area (Å²) in [4.78, 5) is 12.9. The molecular weight excluding hydrogens is 280 g/mol. The van der Waals surface area contributed by atoms with Crippen molar-refractivity contribution in [1.82, 2.24) is 15.0 Å². The van der Waals surface area contributed by atoms with Crippen LogP contribution in [0.1, 0.15) is 18.5 Å². The second-order valence-corrected chi connectivity index (χ2v) is 5.58. The van der Waals surface area contributed by atoms with Crippen LogP contribution in [0.25, 0.3) is 0 Å². The smallest absolute Gasteiger partial charge is 0.226 e. The Morgan fingerprint density at radius 3 is 2.82 bits per heavy atom. The Bertz CT molecular complexity index is 602. The predicted octanol–water partition coefficient (Wildman–Crippen LogP) is 1.67. The SMILES string of the molecule is COc1ccnc(NC(Cc2ccccn2)C2CC(O)C2)n1. The van der Waals surface area contributed by atoms with Gasteiger partial charge in [0.2, 0.25) is 11.8 Å². The minimum atomic E-state index is -0.190. The molecule has 6 nitrogen and oxygen atoms in total. The van der Waals surface area contributed by atoms with E-state index in [9.17, 15) is 5.11 Å². The molecule has 0 bridgehead atoms. The molecule has 6 heteroatoms. The molecule has 3 rings (SSSR count). The molecule has 0 aliphatic heterocycles. The van der Waals surface area contributed by atoms with Gasteiger partial charge in [0.15, 0.2) is 0 Å². The maximum absolute atomic E-state index is 9.59. The molecule has 0 amide bonds. The van der Waals surface area contributed by atoms with Crippen molar-refractivity contribution in [2.45, 2.75) is 31.4 Å². The minimum absolute atomic E-state index is 0.144. The van der Waals surface area contributed by atoms with Gasteiger partial charge >= 0.3 is 0 Å². The lowest BCUT2D eigenvalue weighted by Crippen LogP contribution is -2.42. The van der Waals surface area contributed by atoms with Gasteiger partial charge in [-0.1, -0.05) is 6.07 Å². The summed E-state index contributed by atoms with van der Waals surface area (Å²) in [7, 11) is 1.58. The maximum atomic E-state index is 9.59. The largest absolute Gasteiger partial charge is 0.481 e. The quantitative estimate of drug-likeness (QED) is 0.845. The second-order valence-electron chi connectivity index (χ2n) is 5.58. The van der Waals surface area contributed by atoms with Gasteiger partial charge in [-0.15, -0.1) is 0 Å². The molecular formula is C16H20N4O2. The highest BCUT2D eigenvalue weighted by atomic mass is 16.5. The van der Waals surface area contributed by atoms with E-state index in [1.54, 1.807) is 25.6 Å². The number of methoxy groups -OCH3 is 1. The molecule has 2 heterocycles. The van der Waals surface area contributed by atoms with Crippen LogP contribution >= 0.6 is 0 Å². The van der Waals surface area contributed by atoms with Crippen LogP contribution in [0.3, 0.4) is 0 Å². The fourth-order valence-corrected chi connectivity index (χ4v) is 2.73. The number of nitrogens with zero attached hydrogens (tertiary/aromatic N) is 3. The molecule has 1 saturated carbocycles. The van der Waals surface area contributed by atoms with Gasteiger partial charge in [-0.3, -0.25) is 4.98 Å². The second kappa shape index (κ2) is 6.70. The number of hydrogen-bond donors (Lipinski definition) is 2. The number of hydrogen-bond acceptors (Lipinski definition) is 6. The summed E-state index contributed by atoms with van der Waals surface area (Å²) < 4.78 is 5.13. The molecule has 1 aliphatic carbocycles. The summed E-state index contributed by atoms with van der Waals surface area (Å²) in [6, 6.07) is 7.76. The van der Waals surface area contributed by atoms with Crippen LogP contribution in [0.4, 0.5) is 5.95 Å². The molecule has 0 spiro atoms. The topological polar surface area (TPSA) is 80.2 Å². The van der Waals surface area contributed by atoms with Crippen molar-refractivity contribution in [2.24, 2.45) is 5.92 Å². The third-order valence-electron chi connectivity index (χ3n) is 4.03. The molecule has 0 saturated heterocycles. The highest BCUT2D eigenvalue weighted by Gasteiger charge is 2.34. The molecule has 2 N–H and O–H groups in total. The summed E-state index contributed by atoms with van der Waals surface area (Å²) in [5, 5.41) is 13.0. The molecule has 22 heavy (non-hydrogen) atoms. The number of ether oxygens (including phenoxy) is 1. The van der Waals surface area contributed by atoms with Crippen molar-refractivity contribution in [2.75, 3.05) is 12.4 Å². The highest BCUT2D eigenvalue weighted by molar-refractivity contribution is 5.30. The Morgan fingerprint density at radius 1 is 1.27 bits per heavy atom. The van der Waals surface area contributed by atoms with Crippen LogP contribution in [0.5, 0.6) is 5.88 Å². The van der Waals surface area contributed by atoms with E-state index >= 15 is 0 Å². The van der Waals surface area contributed by atoms with Gasteiger partial charge in [0.1, 0.15) is 0 Å². The van der Waals surface area contributed by atoms with E-state index in [1.165, 1.54) is 0 Å². The fourth-order valence-electron chi connectivity index (χ4n) is 2.73. The molecule has 1 fully saturated rings. The van der Waals surface area contributed by atoms with Crippen molar-refractivity contribution >= 4 is 5.95 Å². The van der Waals surface area contributed by atoms with Gasteiger partial charge < -0.3 is 15.2 Å². The Labute approximate surface area is 129 Å². The zero-order valence-corrected chi connectivity index (χ0v) is 12.5. The minimum Gasteiger partial charge on any atom is -0.481 e. The zero-order valence-electron chi connectivity index (χ0n) is 12.5. The lowest BCUT2D eigenvalue weighted by atomic mass is 9.76.